The number of amides is 2. The van der Waals surface area contributed by atoms with Crippen LogP contribution in [0.2, 0.25) is 0 Å². The number of carbonyl (C=O) groups is 2. The number of hydrogen-bond acceptors (Lipinski definition) is 4. The third-order valence-electron chi connectivity index (χ3n) is 2.38. The van der Waals surface area contributed by atoms with Gasteiger partial charge in [0, 0.05) is 0 Å². The van der Waals surface area contributed by atoms with Crippen LogP contribution in [0.5, 0.6) is 0 Å². The largest absolute Gasteiger partial charge is 0.389 e. The molecule has 5 N–H and O–H groups in total. The van der Waals surface area contributed by atoms with E-state index in [4.69, 9.17) is 5.73 Å². The highest BCUT2D eigenvalue weighted by Gasteiger charge is 2.53. The number of nitrogens with two attached hydrogens (primary N) is 1. The van der Waals surface area contributed by atoms with Gasteiger partial charge in [-0.3, -0.25) is 9.59 Å². The lowest BCUT2D eigenvalue weighted by Gasteiger charge is -2.44. The molecule has 6 nitrogen and oxygen atoms in total. The van der Waals surface area contributed by atoms with Crippen LogP contribution in [0.1, 0.15) is 20.3 Å². The Hall–Kier alpha value is -1.14. The minimum Gasteiger partial charge on any atom is -0.389 e. The number of carbonyl (C=O) groups excluding carboxylic acids is 2. The third-order valence-corrected chi connectivity index (χ3v) is 2.38. The van der Waals surface area contributed by atoms with Crippen LogP contribution in [0.25, 0.3) is 0 Å². The Kier molecular flexibility index (Phi) is 2.29. The predicted molar refractivity (Wildman–Crippen MR) is 46.7 cm³/mol. The van der Waals surface area contributed by atoms with E-state index in [9.17, 15) is 19.8 Å². The molecule has 80 valence electrons. The van der Waals surface area contributed by atoms with Gasteiger partial charge >= 0.3 is 0 Å². The van der Waals surface area contributed by atoms with Crippen molar-refractivity contribution in [2.75, 3.05) is 0 Å². The van der Waals surface area contributed by atoms with Crippen molar-refractivity contribution in [2.24, 2.45) is 11.7 Å². The van der Waals surface area contributed by atoms with Crippen LogP contribution in [-0.4, -0.2) is 33.4 Å². The van der Waals surface area contributed by atoms with Gasteiger partial charge in [0.2, 0.25) is 11.8 Å². The molecule has 0 radical (unpaired) electrons. The second kappa shape index (κ2) is 2.93. The number of piperidine rings is 1. The molecule has 0 aromatic heterocycles. The van der Waals surface area contributed by atoms with E-state index in [1.807, 2.05) is 0 Å². The van der Waals surface area contributed by atoms with Crippen molar-refractivity contribution in [3.63, 3.8) is 0 Å². The highest BCUT2D eigenvalue weighted by Crippen LogP contribution is 2.33. The van der Waals surface area contributed by atoms with Crippen molar-refractivity contribution in [2.45, 2.75) is 31.6 Å². The summed E-state index contributed by atoms with van der Waals surface area (Å²) in [5, 5.41) is 21.7. The van der Waals surface area contributed by atoms with Gasteiger partial charge in [0.1, 0.15) is 11.6 Å². The summed E-state index contributed by atoms with van der Waals surface area (Å²) in [5.41, 5.74) is 1.64. The van der Waals surface area contributed by atoms with E-state index in [0.717, 1.165) is 0 Å². The summed E-state index contributed by atoms with van der Waals surface area (Å²) in [5.74, 6) is -2.58. The number of primary amides is 1. The molecule has 3 atom stereocenters. The molecule has 0 spiro atoms. The fraction of sp³-hybridized carbons (Fsp3) is 0.750. The lowest BCUT2D eigenvalue weighted by atomic mass is 9.75. The van der Waals surface area contributed by atoms with E-state index < -0.39 is 29.1 Å². The standard InChI is InChI=1S/C8H14N2O4/c1-7(13)3-4(11)10-8(2,14)5(7)6(9)12/h5,13-14H,3H2,1-2H3,(H2,9,12)(H,10,11)/t5-,7-,8+/m0/s1. The van der Waals surface area contributed by atoms with Gasteiger partial charge in [0.15, 0.2) is 0 Å². The molecule has 1 saturated heterocycles. The van der Waals surface area contributed by atoms with E-state index in [1.165, 1.54) is 13.8 Å². The first-order chi connectivity index (χ1) is 6.17. The fourth-order valence-corrected chi connectivity index (χ4v) is 2.01. The van der Waals surface area contributed by atoms with Crippen LogP contribution in [0, 0.1) is 5.92 Å². The summed E-state index contributed by atoms with van der Waals surface area (Å²) < 4.78 is 0. The molecule has 6 heteroatoms. The molecule has 14 heavy (non-hydrogen) atoms. The number of aliphatic hydroxyl groups is 2. The number of rotatable bonds is 1. The van der Waals surface area contributed by atoms with Crippen molar-refractivity contribution in [3.05, 3.63) is 0 Å². The number of hydrogen-bond donors (Lipinski definition) is 4. The van der Waals surface area contributed by atoms with Crippen LogP contribution in [0.3, 0.4) is 0 Å². The zero-order valence-corrected chi connectivity index (χ0v) is 8.07. The monoisotopic (exact) mass is 202 g/mol. The van der Waals surface area contributed by atoms with Gasteiger partial charge in [-0.1, -0.05) is 0 Å². The van der Waals surface area contributed by atoms with E-state index in [1.54, 1.807) is 0 Å². The quantitative estimate of drug-likeness (QED) is 0.396. The van der Waals surface area contributed by atoms with Crippen molar-refractivity contribution in [3.8, 4) is 0 Å². The normalized spacial score (nSPS) is 43.1. The minimum atomic E-state index is -1.80. The van der Waals surface area contributed by atoms with Gasteiger partial charge in [-0.05, 0) is 13.8 Å². The second-order valence-corrected chi connectivity index (χ2v) is 4.07. The zero-order valence-electron chi connectivity index (χ0n) is 8.07. The maximum Gasteiger partial charge on any atom is 0.228 e. The van der Waals surface area contributed by atoms with Crippen LogP contribution < -0.4 is 11.1 Å². The smallest absolute Gasteiger partial charge is 0.228 e. The van der Waals surface area contributed by atoms with Gasteiger partial charge < -0.3 is 21.3 Å². The predicted octanol–water partition coefficient (Wildman–Crippen LogP) is -1.93. The molecule has 1 heterocycles. The van der Waals surface area contributed by atoms with Crippen LogP contribution in [0.15, 0.2) is 0 Å². The topological polar surface area (TPSA) is 113 Å². The Labute approximate surface area is 81.1 Å². The summed E-state index contributed by atoms with van der Waals surface area (Å²) in [6.07, 6.45) is -0.253. The minimum absolute atomic E-state index is 0.253. The highest BCUT2D eigenvalue weighted by molar-refractivity contribution is 5.86. The van der Waals surface area contributed by atoms with Gasteiger partial charge in [0.05, 0.1) is 12.0 Å². The SMILES string of the molecule is C[C@]1(O)CC(=O)N[C@](C)(O)[C@H]1C(N)=O. The van der Waals surface area contributed by atoms with Crippen molar-refractivity contribution >= 4 is 11.8 Å². The van der Waals surface area contributed by atoms with Crippen molar-refractivity contribution < 1.29 is 19.8 Å². The van der Waals surface area contributed by atoms with E-state index in [2.05, 4.69) is 5.32 Å². The maximum absolute atomic E-state index is 11.1. The molecule has 0 aromatic carbocycles. The first-order valence-electron chi connectivity index (χ1n) is 4.22. The highest BCUT2D eigenvalue weighted by atomic mass is 16.3. The summed E-state index contributed by atoms with van der Waals surface area (Å²) in [6.45, 7) is 2.53. The van der Waals surface area contributed by atoms with Crippen LogP contribution >= 0.6 is 0 Å². The summed E-state index contributed by atoms with van der Waals surface area (Å²) >= 11 is 0. The van der Waals surface area contributed by atoms with Gasteiger partial charge in [-0.15, -0.1) is 0 Å². The average Bonchev–Trinajstić information content (AvgIpc) is 1.75. The van der Waals surface area contributed by atoms with E-state index in [0.29, 0.717) is 0 Å². The molecular weight excluding hydrogens is 188 g/mol. The van der Waals surface area contributed by atoms with Gasteiger partial charge in [-0.25, -0.2) is 0 Å². The number of nitrogens with one attached hydrogen (secondary N) is 1. The Morgan fingerprint density at radius 3 is 2.43 bits per heavy atom. The molecule has 0 unspecified atom stereocenters. The molecular formula is C8H14N2O4. The Bertz CT molecular complexity index is 265. The molecule has 0 aliphatic carbocycles. The lowest BCUT2D eigenvalue weighted by Crippen LogP contribution is -2.67. The van der Waals surface area contributed by atoms with Crippen molar-refractivity contribution in [1.82, 2.24) is 5.32 Å². The van der Waals surface area contributed by atoms with Gasteiger partial charge in [0.25, 0.3) is 0 Å². The molecule has 0 aromatic rings. The Morgan fingerprint density at radius 1 is 1.57 bits per heavy atom. The summed E-state index contributed by atoms with van der Waals surface area (Å²) in [4.78, 5) is 22.1. The molecule has 2 amide bonds. The maximum atomic E-state index is 11.1. The zero-order chi connectivity index (χ0) is 11.1. The fourth-order valence-electron chi connectivity index (χ4n) is 2.01. The lowest BCUT2D eigenvalue weighted by molar-refractivity contribution is -0.177. The average molecular weight is 202 g/mol. The first kappa shape index (κ1) is 10.9. The van der Waals surface area contributed by atoms with Crippen LogP contribution in [0.4, 0.5) is 0 Å². The molecule has 0 saturated carbocycles. The summed E-state index contributed by atoms with van der Waals surface area (Å²) in [7, 11) is 0. The van der Waals surface area contributed by atoms with E-state index in [-0.39, 0.29) is 6.42 Å². The molecule has 1 aliphatic heterocycles. The Morgan fingerprint density at radius 2 is 2.07 bits per heavy atom. The van der Waals surface area contributed by atoms with Crippen molar-refractivity contribution in [1.29, 1.82) is 0 Å². The molecule has 1 aliphatic rings. The van der Waals surface area contributed by atoms with E-state index >= 15 is 0 Å². The second-order valence-electron chi connectivity index (χ2n) is 4.07. The summed E-state index contributed by atoms with van der Waals surface area (Å²) in [6, 6.07) is 0. The molecule has 0 bridgehead atoms. The first-order valence-corrected chi connectivity index (χ1v) is 4.22. The van der Waals surface area contributed by atoms with Gasteiger partial charge in [-0.2, -0.15) is 0 Å². The molecule has 1 fully saturated rings. The third kappa shape index (κ3) is 1.71. The molecule has 1 rings (SSSR count). The Balaban J connectivity index is 3.09. The van der Waals surface area contributed by atoms with Crippen LogP contribution in [-0.2, 0) is 9.59 Å².